The quantitative estimate of drug-likeness (QED) is 0.776. The molecule has 0 aromatic heterocycles. The predicted octanol–water partition coefficient (Wildman–Crippen LogP) is 2.45. The Hall–Kier alpha value is -1.24. The third-order valence-electron chi connectivity index (χ3n) is 4.78. The van der Waals surface area contributed by atoms with Gasteiger partial charge in [-0.05, 0) is 25.7 Å². The van der Waals surface area contributed by atoms with Gasteiger partial charge >= 0.3 is 0 Å². The molecule has 2 aliphatic heterocycles. The van der Waals surface area contributed by atoms with Crippen molar-refractivity contribution in [2.24, 2.45) is 0 Å². The number of hydrogen-bond acceptors (Lipinski definition) is 3. The summed E-state index contributed by atoms with van der Waals surface area (Å²) in [5.41, 5.74) is 0.662. The number of ketones is 1. The SMILES string of the molecule is O=C(C[C@H]1CCCN1S(=O)(=O)N1CCCCC1)c1ccccc1. The highest BCUT2D eigenvalue weighted by molar-refractivity contribution is 7.86. The first kappa shape index (κ1) is 16.6. The van der Waals surface area contributed by atoms with Crippen LogP contribution in [0, 0.1) is 0 Å². The van der Waals surface area contributed by atoms with E-state index in [1.54, 1.807) is 20.7 Å². The number of benzene rings is 1. The lowest BCUT2D eigenvalue weighted by Crippen LogP contribution is -2.48. The minimum absolute atomic E-state index is 0.0244. The van der Waals surface area contributed by atoms with Crippen LogP contribution in [0.2, 0.25) is 0 Å². The molecule has 2 heterocycles. The van der Waals surface area contributed by atoms with E-state index in [4.69, 9.17) is 0 Å². The Bertz CT molecular complexity index is 639. The zero-order chi connectivity index (χ0) is 16.3. The van der Waals surface area contributed by atoms with E-state index in [1.807, 2.05) is 18.2 Å². The van der Waals surface area contributed by atoms with Crippen molar-refractivity contribution in [2.75, 3.05) is 19.6 Å². The van der Waals surface area contributed by atoms with Crippen molar-refractivity contribution in [3.63, 3.8) is 0 Å². The molecule has 23 heavy (non-hydrogen) atoms. The van der Waals surface area contributed by atoms with Crippen LogP contribution >= 0.6 is 0 Å². The van der Waals surface area contributed by atoms with Crippen LogP contribution < -0.4 is 0 Å². The van der Waals surface area contributed by atoms with Gasteiger partial charge in [-0.2, -0.15) is 17.0 Å². The minimum atomic E-state index is -3.42. The van der Waals surface area contributed by atoms with Crippen LogP contribution in [0.25, 0.3) is 0 Å². The molecule has 0 aliphatic carbocycles. The average Bonchev–Trinajstić information content (AvgIpc) is 3.05. The second-order valence-electron chi connectivity index (χ2n) is 6.37. The molecular weight excluding hydrogens is 312 g/mol. The molecule has 0 spiro atoms. The molecule has 1 aromatic rings. The second kappa shape index (κ2) is 7.11. The summed E-state index contributed by atoms with van der Waals surface area (Å²) in [6, 6.07) is 8.93. The molecule has 2 fully saturated rings. The maximum atomic E-state index is 12.9. The molecule has 0 unspecified atom stereocenters. The molecular formula is C17H24N2O3S. The van der Waals surface area contributed by atoms with Gasteiger partial charge in [0.2, 0.25) is 0 Å². The molecule has 0 amide bonds. The van der Waals surface area contributed by atoms with Crippen LogP contribution in [0.4, 0.5) is 0 Å². The highest BCUT2D eigenvalue weighted by atomic mass is 32.2. The predicted molar refractivity (Wildman–Crippen MR) is 89.5 cm³/mol. The minimum Gasteiger partial charge on any atom is -0.294 e. The normalized spacial score (nSPS) is 23.9. The first-order valence-electron chi connectivity index (χ1n) is 8.44. The first-order valence-corrected chi connectivity index (χ1v) is 9.84. The molecule has 3 rings (SSSR count). The molecule has 2 aliphatic rings. The molecule has 0 N–H and O–H groups in total. The maximum Gasteiger partial charge on any atom is 0.282 e. The summed E-state index contributed by atoms with van der Waals surface area (Å²) in [5, 5.41) is 0. The zero-order valence-electron chi connectivity index (χ0n) is 13.4. The Morgan fingerprint density at radius 1 is 1.00 bits per heavy atom. The van der Waals surface area contributed by atoms with Gasteiger partial charge in [-0.3, -0.25) is 4.79 Å². The Morgan fingerprint density at radius 2 is 1.70 bits per heavy atom. The Labute approximate surface area is 138 Å². The molecule has 2 saturated heterocycles. The number of rotatable bonds is 5. The largest absolute Gasteiger partial charge is 0.294 e. The van der Waals surface area contributed by atoms with E-state index >= 15 is 0 Å². The van der Waals surface area contributed by atoms with E-state index in [0.717, 1.165) is 32.1 Å². The van der Waals surface area contributed by atoms with Crippen molar-refractivity contribution in [1.29, 1.82) is 0 Å². The van der Waals surface area contributed by atoms with E-state index in [2.05, 4.69) is 0 Å². The van der Waals surface area contributed by atoms with Crippen molar-refractivity contribution in [3.8, 4) is 0 Å². The van der Waals surface area contributed by atoms with E-state index < -0.39 is 10.2 Å². The lowest BCUT2D eigenvalue weighted by Gasteiger charge is -2.32. The van der Waals surface area contributed by atoms with Crippen LogP contribution in [0.15, 0.2) is 30.3 Å². The number of hydrogen-bond donors (Lipinski definition) is 0. The van der Waals surface area contributed by atoms with Crippen LogP contribution in [-0.4, -0.2) is 48.5 Å². The van der Waals surface area contributed by atoms with Crippen molar-refractivity contribution < 1.29 is 13.2 Å². The van der Waals surface area contributed by atoms with E-state index in [1.165, 1.54) is 0 Å². The van der Waals surface area contributed by atoms with Gasteiger partial charge in [0.05, 0.1) is 0 Å². The highest BCUT2D eigenvalue weighted by Crippen LogP contribution is 2.28. The summed E-state index contributed by atoms with van der Waals surface area (Å²) in [6.07, 6.45) is 4.84. The van der Waals surface area contributed by atoms with Crippen molar-refractivity contribution in [2.45, 2.75) is 44.6 Å². The molecule has 5 nitrogen and oxygen atoms in total. The van der Waals surface area contributed by atoms with E-state index in [-0.39, 0.29) is 18.2 Å². The van der Waals surface area contributed by atoms with Crippen LogP contribution in [-0.2, 0) is 10.2 Å². The number of Topliss-reactive ketones (excluding diaryl/α,β-unsaturated/α-hetero) is 1. The summed E-state index contributed by atoms with van der Waals surface area (Å²) in [7, 11) is -3.42. The van der Waals surface area contributed by atoms with Crippen molar-refractivity contribution in [1.82, 2.24) is 8.61 Å². The van der Waals surface area contributed by atoms with Gasteiger partial charge in [0.1, 0.15) is 0 Å². The third kappa shape index (κ3) is 3.65. The van der Waals surface area contributed by atoms with Gasteiger partial charge in [0.15, 0.2) is 5.78 Å². The van der Waals surface area contributed by atoms with Gasteiger partial charge < -0.3 is 0 Å². The highest BCUT2D eigenvalue weighted by Gasteiger charge is 2.39. The maximum absolute atomic E-state index is 12.9. The molecule has 0 saturated carbocycles. The lowest BCUT2D eigenvalue weighted by atomic mass is 10.0. The second-order valence-corrected chi connectivity index (χ2v) is 8.25. The molecule has 126 valence electrons. The third-order valence-corrected chi connectivity index (χ3v) is 6.87. The van der Waals surface area contributed by atoms with Crippen molar-refractivity contribution >= 4 is 16.0 Å². The average molecular weight is 336 g/mol. The van der Waals surface area contributed by atoms with Crippen molar-refractivity contribution in [3.05, 3.63) is 35.9 Å². The van der Waals surface area contributed by atoms with Crippen LogP contribution in [0.5, 0.6) is 0 Å². The van der Waals surface area contributed by atoms with Gasteiger partial charge in [0, 0.05) is 37.7 Å². The molecule has 6 heteroatoms. The fourth-order valence-corrected chi connectivity index (χ4v) is 5.45. The van der Waals surface area contributed by atoms with Crippen LogP contribution in [0.1, 0.15) is 48.9 Å². The fraction of sp³-hybridized carbons (Fsp3) is 0.588. The number of nitrogens with zero attached hydrogens (tertiary/aromatic N) is 2. The van der Waals surface area contributed by atoms with Crippen LogP contribution in [0.3, 0.4) is 0 Å². The molecule has 0 bridgehead atoms. The van der Waals surface area contributed by atoms with Gasteiger partial charge in [0.25, 0.3) is 10.2 Å². The van der Waals surface area contributed by atoms with E-state index in [9.17, 15) is 13.2 Å². The lowest BCUT2D eigenvalue weighted by molar-refractivity contribution is 0.0960. The number of carbonyl (C=O) groups excluding carboxylic acids is 1. The summed E-state index contributed by atoms with van der Waals surface area (Å²) in [4.78, 5) is 12.4. The number of piperidine rings is 1. The van der Waals surface area contributed by atoms with Gasteiger partial charge in [-0.15, -0.1) is 0 Å². The first-order chi connectivity index (χ1) is 11.1. The standard InChI is InChI=1S/C17H24N2O3S/c20-17(15-8-3-1-4-9-15)14-16-10-7-13-19(16)23(21,22)18-11-5-2-6-12-18/h1,3-4,8-9,16H,2,5-7,10-14H2/t16-/m1/s1. The number of carbonyl (C=O) groups is 1. The van der Waals surface area contributed by atoms with E-state index in [0.29, 0.717) is 25.2 Å². The summed E-state index contributed by atoms with van der Waals surface area (Å²) >= 11 is 0. The van der Waals surface area contributed by atoms with Gasteiger partial charge in [-0.1, -0.05) is 36.8 Å². The monoisotopic (exact) mass is 336 g/mol. The summed E-state index contributed by atoms with van der Waals surface area (Å²) in [5.74, 6) is 0.0244. The molecule has 0 radical (unpaired) electrons. The summed E-state index contributed by atoms with van der Waals surface area (Å²) < 4.78 is 28.9. The van der Waals surface area contributed by atoms with Gasteiger partial charge in [-0.25, -0.2) is 0 Å². The molecule has 1 atom stereocenters. The topological polar surface area (TPSA) is 57.7 Å². The smallest absolute Gasteiger partial charge is 0.282 e. The fourth-order valence-electron chi connectivity index (χ4n) is 3.52. The molecule has 1 aromatic carbocycles. The Kier molecular flexibility index (Phi) is 5.14. The Balaban J connectivity index is 1.71. The Morgan fingerprint density at radius 3 is 2.39 bits per heavy atom. The zero-order valence-corrected chi connectivity index (χ0v) is 14.2. The summed E-state index contributed by atoms with van der Waals surface area (Å²) in [6.45, 7) is 1.75.